The van der Waals surface area contributed by atoms with E-state index >= 15 is 0 Å². The summed E-state index contributed by atoms with van der Waals surface area (Å²) in [5.41, 5.74) is 4.32. The van der Waals surface area contributed by atoms with E-state index in [2.05, 4.69) is 0 Å². The van der Waals surface area contributed by atoms with Crippen LogP contribution in [0, 0.1) is 0 Å². The molecule has 0 unspecified atom stereocenters. The SMILES string of the molecule is Cl.NCCCS(=O)(=O)c1ccc(C(F)(F)F)cc1. The summed E-state index contributed by atoms with van der Waals surface area (Å²) in [4.78, 5) is -0.112. The van der Waals surface area contributed by atoms with Gasteiger partial charge in [0.15, 0.2) is 9.84 Å². The van der Waals surface area contributed by atoms with Crippen molar-refractivity contribution in [2.24, 2.45) is 5.73 Å². The zero-order chi connectivity index (χ0) is 13.1. The summed E-state index contributed by atoms with van der Waals surface area (Å²) in [6, 6.07) is 3.45. The molecule has 0 aromatic heterocycles. The van der Waals surface area contributed by atoms with E-state index in [4.69, 9.17) is 5.73 Å². The fourth-order valence-electron chi connectivity index (χ4n) is 1.24. The first kappa shape index (κ1) is 17.2. The van der Waals surface area contributed by atoms with Crippen LogP contribution in [0.4, 0.5) is 13.2 Å². The van der Waals surface area contributed by atoms with Crippen molar-refractivity contribution in [3.8, 4) is 0 Å². The molecule has 0 spiro atoms. The molecular formula is C10H13ClF3NO2S. The molecule has 8 heteroatoms. The third kappa shape index (κ3) is 4.47. The van der Waals surface area contributed by atoms with Gasteiger partial charge < -0.3 is 5.73 Å². The van der Waals surface area contributed by atoms with Crippen LogP contribution in [0.2, 0.25) is 0 Å². The van der Waals surface area contributed by atoms with Crippen LogP contribution in [-0.2, 0) is 16.0 Å². The maximum atomic E-state index is 12.3. The van der Waals surface area contributed by atoms with Gasteiger partial charge >= 0.3 is 6.18 Å². The van der Waals surface area contributed by atoms with Gasteiger partial charge in [0.2, 0.25) is 0 Å². The van der Waals surface area contributed by atoms with Crippen molar-refractivity contribution in [1.82, 2.24) is 0 Å². The Hall–Kier alpha value is -0.790. The van der Waals surface area contributed by atoms with Gasteiger partial charge in [0.05, 0.1) is 16.2 Å². The molecule has 1 rings (SSSR count). The van der Waals surface area contributed by atoms with E-state index < -0.39 is 21.6 Å². The molecule has 0 atom stereocenters. The van der Waals surface area contributed by atoms with Gasteiger partial charge in [0.1, 0.15) is 0 Å². The smallest absolute Gasteiger partial charge is 0.330 e. The van der Waals surface area contributed by atoms with Crippen molar-refractivity contribution in [3.63, 3.8) is 0 Å². The zero-order valence-electron chi connectivity index (χ0n) is 9.27. The average Bonchev–Trinajstić information content (AvgIpc) is 2.25. The molecule has 0 aliphatic heterocycles. The first-order valence-corrected chi connectivity index (χ1v) is 6.52. The zero-order valence-corrected chi connectivity index (χ0v) is 10.9. The van der Waals surface area contributed by atoms with Crippen molar-refractivity contribution in [2.75, 3.05) is 12.3 Å². The van der Waals surface area contributed by atoms with Gasteiger partial charge in [-0.1, -0.05) is 0 Å². The number of nitrogens with two attached hydrogens (primary N) is 1. The summed E-state index contributed by atoms with van der Waals surface area (Å²) >= 11 is 0. The predicted molar refractivity (Wildman–Crippen MR) is 64.4 cm³/mol. The topological polar surface area (TPSA) is 60.2 Å². The van der Waals surface area contributed by atoms with E-state index in [1.165, 1.54) is 0 Å². The number of hydrogen-bond donors (Lipinski definition) is 1. The first-order chi connectivity index (χ1) is 7.77. The van der Waals surface area contributed by atoms with E-state index in [1.54, 1.807) is 0 Å². The highest BCUT2D eigenvalue weighted by molar-refractivity contribution is 7.91. The molecule has 1 aromatic carbocycles. The Labute approximate surface area is 110 Å². The van der Waals surface area contributed by atoms with E-state index in [0.29, 0.717) is 0 Å². The Balaban J connectivity index is 0.00000289. The third-order valence-corrected chi connectivity index (χ3v) is 3.97. The minimum absolute atomic E-state index is 0. The van der Waals surface area contributed by atoms with Crippen LogP contribution in [0.25, 0.3) is 0 Å². The Morgan fingerprint density at radius 1 is 1.11 bits per heavy atom. The normalized spacial score (nSPS) is 12.0. The molecule has 104 valence electrons. The first-order valence-electron chi connectivity index (χ1n) is 4.87. The summed E-state index contributed by atoms with van der Waals surface area (Å²) in [5, 5.41) is 0. The van der Waals surface area contributed by atoms with Gasteiger partial charge in [-0.25, -0.2) is 8.42 Å². The Morgan fingerprint density at radius 2 is 1.61 bits per heavy atom. The van der Waals surface area contributed by atoms with Crippen LogP contribution in [0.5, 0.6) is 0 Å². The van der Waals surface area contributed by atoms with Crippen molar-refractivity contribution >= 4 is 22.2 Å². The second-order valence-corrected chi connectivity index (χ2v) is 5.59. The molecule has 2 N–H and O–H groups in total. The number of rotatable bonds is 4. The van der Waals surface area contributed by atoms with Crippen LogP contribution in [0.15, 0.2) is 29.2 Å². The fraction of sp³-hybridized carbons (Fsp3) is 0.400. The number of sulfone groups is 1. The molecule has 0 bridgehead atoms. The molecule has 0 amide bonds. The maximum absolute atomic E-state index is 12.3. The van der Waals surface area contributed by atoms with Crippen molar-refractivity contribution in [3.05, 3.63) is 29.8 Å². The number of benzene rings is 1. The minimum Gasteiger partial charge on any atom is -0.330 e. The molecule has 0 fully saturated rings. The Morgan fingerprint density at radius 3 is 2.00 bits per heavy atom. The van der Waals surface area contributed by atoms with Crippen LogP contribution < -0.4 is 5.73 Å². The highest BCUT2D eigenvalue weighted by atomic mass is 35.5. The molecule has 0 saturated carbocycles. The highest BCUT2D eigenvalue weighted by Gasteiger charge is 2.30. The molecule has 0 saturated heterocycles. The Bertz CT molecular complexity index is 471. The van der Waals surface area contributed by atoms with Gasteiger partial charge in [0, 0.05) is 0 Å². The highest BCUT2D eigenvalue weighted by Crippen LogP contribution is 2.29. The van der Waals surface area contributed by atoms with Gasteiger partial charge in [-0.05, 0) is 37.2 Å². The summed E-state index contributed by atoms with van der Waals surface area (Å²) in [6.07, 6.45) is -4.18. The van der Waals surface area contributed by atoms with Gasteiger partial charge in [-0.2, -0.15) is 13.2 Å². The monoisotopic (exact) mass is 303 g/mol. The number of hydrogen-bond acceptors (Lipinski definition) is 3. The van der Waals surface area contributed by atoms with Crippen molar-refractivity contribution in [2.45, 2.75) is 17.5 Å². The predicted octanol–water partition coefficient (Wildman–Crippen LogP) is 2.25. The molecule has 0 heterocycles. The van der Waals surface area contributed by atoms with Gasteiger partial charge in [-0.3, -0.25) is 0 Å². The molecule has 1 aromatic rings. The standard InChI is InChI=1S/C10H12F3NO2S.ClH/c11-10(12,13)8-2-4-9(5-3-8)17(15,16)7-1-6-14;/h2-5H,1,6-7,14H2;1H. The van der Waals surface area contributed by atoms with E-state index in [0.717, 1.165) is 24.3 Å². The van der Waals surface area contributed by atoms with E-state index in [-0.39, 0.29) is 36.0 Å². The van der Waals surface area contributed by atoms with Crippen LogP contribution in [0.3, 0.4) is 0 Å². The lowest BCUT2D eigenvalue weighted by Gasteiger charge is -2.08. The minimum atomic E-state index is -4.46. The lowest BCUT2D eigenvalue weighted by molar-refractivity contribution is -0.137. The maximum Gasteiger partial charge on any atom is 0.416 e. The van der Waals surface area contributed by atoms with E-state index in [1.807, 2.05) is 0 Å². The summed E-state index contributed by atoms with van der Waals surface area (Å²) in [7, 11) is -3.53. The molecular weight excluding hydrogens is 291 g/mol. The van der Waals surface area contributed by atoms with Crippen LogP contribution >= 0.6 is 12.4 Å². The molecule has 0 radical (unpaired) electrons. The van der Waals surface area contributed by atoms with Crippen LogP contribution in [-0.4, -0.2) is 20.7 Å². The lowest BCUT2D eigenvalue weighted by Crippen LogP contribution is -2.12. The van der Waals surface area contributed by atoms with Crippen molar-refractivity contribution < 1.29 is 21.6 Å². The number of alkyl halides is 3. The third-order valence-electron chi connectivity index (χ3n) is 2.16. The van der Waals surface area contributed by atoms with Crippen LogP contribution in [0.1, 0.15) is 12.0 Å². The molecule has 0 aliphatic carbocycles. The molecule has 3 nitrogen and oxygen atoms in total. The average molecular weight is 304 g/mol. The summed E-state index contributed by atoms with van der Waals surface area (Å²) in [5.74, 6) is -0.158. The molecule has 18 heavy (non-hydrogen) atoms. The second kappa shape index (κ2) is 6.40. The number of halogens is 4. The quantitative estimate of drug-likeness (QED) is 0.928. The van der Waals surface area contributed by atoms with Crippen molar-refractivity contribution in [1.29, 1.82) is 0 Å². The lowest BCUT2D eigenvalue weighted by atomic mass is 10.2. The Kier molecular flexibility index (Phi) is 6.12. The fourth-order valence-corrected chi connectivity index (χ4v) is 2.58. The summed E-state index contributed by atoms with van der Waals surface area (Å²) < 4.78 is 60.0. The summed E-state index contributed by atoms with van der Waals surface area (Å²) in [6.45, 7) is 0.222. The molecule has 0 aliphatic rings. The van der Waals surface area contributed by atoms with Gasteiger partial charge in [0.25, 0.3) is 0 Å². The second-order valence-electron chi connectivity index (χ2n) is 3.48. The van der Waals surface area contributed by atoms with Gasteiger partial charge in [-0.15, -0.1) is 12.4 Å². The largest absolute Gasteiger partial charge is 0.416 e. The van der Waals surface area contributed by atoms with E-state index in [9.17, 15) is 21.6 Å².